The van der Waals surface area contributed by atoms with Gasteiger partial charge in [-0.25, -0.2) is 4.39 Å². The second-order valence-corrected chi connectivity index (χ2v) is 5.85. The Morgan fingerprint density at radius 3 is 3.00 bits per heavy atom. The van der Waals surface area contributed by atoms with E-state index in [0.29, 0.717) is 31.8 Å². The minimum Gasteiger partial charge on any atom is -0.342 e. The smallest absolute Gasteiger partial charge is 0.147 e. The van der Waals surface area contributed by atoms with Crippen molar-refractivity contribution in [2.45, 2.75) is 0 Å². The van der Waals surface area contributed by atoms with Crippen LogP contribution in [0.1, 0.15) is 5.56 Å². The molecule has 1 aromatic carbocycles. The first-order valence-corrected chi connectivity index (χ1v) is 7.20. The second-order valence-electron chi connectivity index (χ2n) is 4.33. The first-order valence-electron chi connectivity index (χ1n) is 6.02. The molecule has 3 aromatic rings. The van der Waals surface area contributed by atoms with Crippen molar-refractivity contribution in [3.63, 3.8) is 0 Å². The van der Waals surface area contributed by atoms with E-state index in [1.54, 1.807) is 35.4 Å². The van der Waals surface area contributed by atoms with E-state index in [9.17, 15) is 9.65 Å². The van der Waals surface area contributed by atoms with Gasteiger partial charge in [-0.05, 0) is 35.8 Å². The SMILES string of the molecule is Cn1sc(Nc2c(F)ccc3ncccc23)c(C#N)c1=S. The van der Waals surface area contributed by atoms with E-state index in [2.05, 4.69) is 16.4 Å². The third kappa shape index (κ3) is 2.28. The molecule has 0 fully saturated rings. The lowest BCUT2D eigenvalue weighted by molar-refractivity contribution is 0.633. The van der Waals surface area contributed by atoms with Crippen LogP contribution in [0, 0.1) is 21.8 Å². The molecule has 2 heterocycles. The largest absolute Gasteiger partial charge is 0.342 e. The molecule has 0 aliphatic heterocycles. The van der Waals surface area contributed by atoms with Crippen LogP contribution in [0.2, 0.25) is 0 Å². The number of aromatic nitrogens is 2. The van der Waals surface area contributed by atoms with E-state index in [1.807, 2.05) is 0 Å². The first-order chi connectivity index (χ1) is 10.1. The summed E-state index contributed by atoms with van der Waals surface area (Å²) in [7, 11) is 1.76. The lowest BCUT2D eigenvalue weighted by atomic mass is 10.1. The zero-order chi connectivity index (χ0) is 15.0. The van der Waals surface area contributed by atoms with E-state index < -0.39 is 5.82 Å². The number of aryl methyl sites for hydroxylation is 1. The van der Waals surface area contributed by atoms with Gasteiger partial charge in [-0.15, -0.1) is 0 Å². The molecular formula is C14H9FN4S2. The molecule has 0 unspecified atom stereocenters. The highest BCUT2D eigenvalue weighted by atomic mass is 32.1. The summed E-state index contributed by atoms with van der Waals surface area (Å²) in [5.41, 5.74) is 1.33. The molecule has 4 nitrogen and oxygen atoms in total. The molecule has 7 heteroatoms. The molecule has 0 atom stereocenters. The number of rotatable bonds is 2. The Labute approximate surface area is 129 Å². The van der Waals surface area contributed by atoms with Gasteiger partial charge < -0.3 is 5.32 Å². The van der Waals surface area contributed by atoms with Crippen LogP contribution in [0.15, 0.2) is 30.5 Å². The number of hydrogen-bond acceptors (Lipinski definition) is 5. The summed E-state index contributed by atoms with van der Waals surface area (Å²) < 4.78 is 16.3. The fourth-order valence-electron chi connectivity index (χ4n) is 2.03. The summed E-state index contributed by atoms with van der Waals surface area (Å²) in [6, 6.07) is 8.55. The number of hydrogen-bond donors (Lipinski definition) is 1. The van der Waals surface area contributed by atoms with Crippen LogP contribution in [0.5, 0.6) is 0 Å². The monoisotopic (exact) mass is 316 g/mol. The summed E-state index contributed by atoms with van der Waals surface area (Å²) in [5.74, 6) is -0.402. The summed E-state index contributed by atoms with van der Waals surface area (Å²) in [6.07, 6.45) is 1.65. The quantitative estimate of drug-likeness (QED) is 0.723. The number of pyridine rings is 1. The Bertz CT molecular complexity index is 936. The van der Waals surface area contributed by atoms with Crippen molar-refractivity contribution in [3.8, 4) is 6.07 Å². The Morgan fingerprint density at radius 2 is 2.24 bits per heavy atom. The molecule has 0 amide bonds. The second kappa shape index (κ2) is 5.24. The highest BCUT2D eigenvalue weighted by Gasteiger charge is 2.14. The Balaban J connectivity index is 2.19. The fraction of sp³-hybridized carbons (Fsp3) is 0.0714. The van der Waals surface area contributed by atoms with Crippen LogP contribution in [-0.4, -0.2) is 8.94 Å². The zero-order valence-corrected chi connectivity index (χ0v) is 12.6. The van der Waals surface area contributed by atoms with Gasteiger partial charge >= 0.3 is 0 Å². The van der Waals surface area contributed by atoms with E-state index in [4.69, 9.17) is 12.2 Å². The number of anilines is 2. The van der Waals surface area contributed by atoms with Crippen LogP contribution in [0.3, 0.4) is 0 Å². The predicted octanol–water partition coefficient (Wildman–Crippen LogP) is 4.12. The van der Waals surface area contributed by atoms with Gasteiger partial charge in [0.1, 0.15) is 27.1 Å². The topological polar surface area (TPSA) is 53.6 Å². The van der Waals surface area contributed by atoms with E-state index in [0.717, 1.165) is 0 Å². The number of nitriles is 1. The fourth-order valence-corrected chi connectivity index (χ4v) is 3.18. The van der Waals surface area contributed by atoms with Crippen molar-refractivity contribution in [3.05, 3.63) is 46.5 Å². The van der Waals surface area contributed by atoms with Crippen LogP contribution < -0.4 is 5.32 Å². The predicted molar refractivity (Wildman–Crippen MR) is 83.8 cm³/mol. The molecule has 21 heavy (non-hydrogen) atoms. The average Bonchev–Trinajstić information content (AvgIpc) is 2.76. The van der Waals surface area contributed by atoms with Gasteiger partial charge in [-0.3, -0.25) is 8.94 Å². The highest BCUT2D eigenvalue weighted by molar-refractivity contribution is 7.71. The summed E-state index contributed by atoms with van der Waals surface area (Å²) >= 11 is 6.43. The molecule has 3 rings (SSSR count). The molecule has 0 aliphatic rings. The van der Waals surface area contributed by atoms with Crippen LogP contribution in [-0.2, 0) is 7.05 Å². The lowest BCUT2D eigenvalue weighted by Gasteiger charge is -2.09. The van der Waals surface area contributed by atoms with Gasteiger partial charge in [0.25, 0.3) is 0 Å². The molecule has 2 aromatic heterocycles. The van der Waals surface area contributed by atoms with E-state index in [1.165, 1.54) is 17.6 Å². The van der Waals surface area contributed by atoms with Crippen molar-refractivity contribution >= 4 is 45.3 Å². The normalized spacial score (nSPS) is 10.5. The molecule has 0 spiro atoms. The Kier molecular flexibility index (Phi) is 3.41. The molecule has 0 saturated carbocycles. The van der Waals surface area contributed by atoms with Gasteiger partial charge in [0, 0.05) is 18.6 Å². The maximum Gasteiger partial charge on any atom is 0.147 e. The van der Waals surface area contributed by atoms with E-state index in [-0.39, 0.29) is 0 Å². The van der Waals surface area contributed by atoms with E-state index >= 15 is 0 Å². The first kappa shape index (κ1) is 13.7. The standard InChI is InChI=1S/C14H9FN4S2/c1-19-14(20)9(7-16)13(21-19)18-12-8-3-2-6-17-11(8)5-4-10(12)15/h2-6,18H,1H3. The minimum absolute atomic E-state index is 0.300. The maximum absolute atomic E-state index is 14.1. The van der Waals surface area contributed by atoms with Gasteiger partial charge in [0.15, 0.2) is 0 Å². The van der Waals surface area contributed by atoms with Gasteiger partial charge in [0.05, 0.1) is 11.2 Å². The van der Waals surface area contributed by atoms with Crippen molar-refractivity contribution in [1.29, 1.82) is 5.26 Å². The average molecular weight is 316 g/mol. The highest BCUT2D eigenvalue weighted by Crippen LogP contribution is 2.32. The lowest BCUT2D eigenvalue weighted by Crippen LogP contribution is -1.95. The maximum atomic E-state index is 14.1. The zero-order valence-electron chi connectivity index (χ0n) is 10.9. The van der Waals surface area contributed by atoms with Crippen molar-refractivity contribution < 1.29 is 4.39 Å². The van der Waals surface area contributed by atoms with Crippen LogP contribution in [0.25, 0.3) is 10.9 Å². The number of halogens is 1. The van der Waals surface area contributed by atoms with Crippen LogP contribution >= 0.6 is 23.8 Å². The van der Waals surface area contributed by atoms with Gasteiger partial charge in [0.2, 0.25) is 0 Å². The number of nitrogens with zero attached hydrogens (tertiary/aromatic N) is 3. The molecule has 0 radical (unpaired) electrons. The van der Waals surface area contributed by atoms with Crippen LogP contribution in [0.4, 0.5) is 15.1 Å². The third-order valence-electron chi connectivity index (χ3n) is 3.04. The summed E-state index contributed by atoms with van der Waals surface area (Å²) in [5, 5.41) is 13.4. The molecular weight excluding hydrogens is 307 g/mol. The summed E-state index contributed by atoms with van der Waals surface area (Å²) in [6.45, 7) is 0. The molecule has 104 valence electrons. The summed E-state index contributed by atoms with van der Waals surface area (Å²) in [4.78, 5) is 4.20. The number of nitrogens with one attached hydrogen (secondary N) is 1. The Morgan fingerprint density at radius 1 is 1.43 bits per heavy atom. The molecule has 0 bridgehead atoms. The molecule has 0 aliphatic carbocycles. The van der Waals surface area contributed by atoms with Gasteiger partial charge in [-0.2, -0.15) is 5.26 Å². The van der Waals surface area contributed by atoms with Crippen molar-refractivity contribution in [2.75, 3.05) is 5.32 Å². The third-order valence-corrected chi connectivity index (χ3v) is 4.58. The Hall–Kier alpha value is -2.30. The number of benzene rings is 1. The van der Waals surface area contributed by atoms with Crippen molar-refractivity contribution in [2.24, 2.45) is 7.05 Å². The molecule has 1 N–H and O–H groups in total. The molecule has 0 saturated heterocycles. The van der Waals surface area contributed by atoms with Crippen molar-refractivity contribution in [1.82, 2.24) is 8.94 Å². The number of fused-ring (bicyclic) bond motifs is 1. The minimum atomic E-state index is -0.402. The van der Waals surface area contributed by atoms with Gasteiger partial charge in [-0.1, -0.05) is 12.2 Å².